The number of carbonyl (C=O) groups excluding carboxylic acids is 1. The summed E-state index contributed by atoms with van der Waals surface area (Å²) in [6, 6.07) is 3.84. The summed E-state index contributed by atoms with van der Waals surface area (Å²) >= 11 is 5.66. The van der Waals surface area contributed by atoms with Crippen LogP contribution in [0, 0.1) is 5.82 Å². The van der Waals surface area contributed by atoms with Crippen LogP contribution in [-0.4, -0.2) is 49.8 Å². The minimum Gasteiger partial charge on any atom is -0.399 e. The molecule has 2 fully saturated rings. The average molecular weight is 497 g/mol. The fourth-order valence-electron chi connectivity index (χ4n) is 3.49. The van der Waals surface area contributed by atoms with Crippen LogP contribution in [-0.2, 0) is 19.0 Å². The zero-order valence-electron chi connectivity index (χ0n) is 17.5. The molecule has 2 atom stereocenters. The lowest BCUT2D eigenvalue weighted by atomic mass is 9.92. The van der Waals surface area contributed by atoms with Crippen molar-refractivity contribution in [1.82, 2.24) is 5.32 Å². The number of alkyl halides is 3. The van der Waals surface area contributed by atoms with Crippen molar-refractivity contribution in [3.63, 3.8) is 0 Å². The summed E-state index contributed by atoms with van der Waals surface area (Å²) in [7, 11) is 0. The highest BCUT2D eigenvalue weighted by atomic mass is 35.5. The van der Waals surface area contributed by atoms with Crippen LogP contribution in [0.15, 0.2) is 30.1 Å². The number of carbonyl (C=O) groups is 1. The Kier molecular flexibility index (Phi) is 8.40. The summed E-state index contributed by atoms with van der Waals surface area (Å²) in [5.74, 6) is 4.91. The first-order chi connectivity index (χ1) is 15.5. The van der Waals surface area contributed by atoms with Gasteiger partial charge in [0.05, 0.1) is 47.4 Å². The highest BCUT2D eigenvalue weighted by molar-refractivity contribution is 6.30. The molecule has 0 unspecified atom stereocenters. The van der Waals surface area contributed by atoms with E-state index in [0.717, 1.165) is 5.01 Å². The number of nitrogens with two attached hydrogens (primary N) is 2. The standard InChI is InChI=1S/C20H25ClF4N4O4/c21-15-3-2-12(5-16(15)22)29(27)8-17(26)18-4-1-11(9-32-18)28-19(30)10-31-13-6-14(7-13)33-20(23,24)25/h2-3,5,8,11,13-14,18H,1,4,6-7,9-10,26-27H2,(H,28,30)/b17-8-/t11-,13?,14?,18+/m0/s1. The highest BCUT2D eigenvalue weighted by Crippen LogP contribution is 2.32. The normalized spacial score (nSPS) is 25.9. The minimum absolute atomic E-state index is 0.0226. The van der Waals surface area contributed by atoms with E-state index >= 15 is 0 Å². The molecule has 5 N–H and O–H groups in total. The van der Waals surface area contributed by atoms with Crippen molar-refractivity contribution in [1.29, 1.82) is 0 Å². The van der Waals surface area contributed by atoms with Gasteiger partial charge in [-0.3, -0.25) is 14.5 Å². The number of nitrogens with one attached hydrogen (secondary N) is 1. The first kappa shape index (κ1) is 25.5. The Balaban J connectivity index is 1.36. The summed E-state index contributed by atoms with van der Waals surface area (Å²) < 4.78 is 64.8. The fourth-order valence-corrected chi connectivity index (χ4v) is 3.61. The first-order valence-electron chi connectivity index (χ1n) is 10.2. The molecule has 1 saturated heterocycles. The van der Waals surface area contributed by atoms with Gasteiger partial charge in [-0.2, -0.15) is 0 Å². The van der Waals surface area contributed by atoms with Crippen molar-refractivity contribution < 1.29 is 36.6 Å². The van der Waals surface area contributed by atoms with E-state index in [4.69, 9.17) is 32.7 Å². The molecule has 0 radical (unpaired) electrons. The van der Waals surface area contributed by atoms with Gasteiger partial charge in [0.2, 0.25) is 5.91 Å². The number of hydrazine groups is 1. The van der Waals surface area contributed by atoms with Gasteiger partial charge in [-0.1, -0.05) is 11.6 Å². The molecule has 1 aliphatic heterocycles. The predicted octanol–water partition coefficient (Wildman–Crippen LogP) is 2.71. The number of hydrogen-bond acceptors (Lipinski definition) is 7. The minimum atomic E-state index is -4.67. The van der Waals surface area contributed by atoms with Gasteiger partial charge < -0.3 is 20.5 Å². The van der Waals surface area contributed by atoms with Gasteiger partial charge >= 0.3 is 6.36 Å². The summed E-state index contributed by atoms with van der Waals surface area (Å²) in [5, 5.41) is 3.90. The molecule has 0 bridgehead atoms. The van der Waals surface area contributed by atoms with E-state index in [1.54, 1.807) is 0 Å². The molecule has 8 nitrogen and oxygen atoms in total. The van der Waals surface area contributed by atoms with Crippen LogP contribution in [0.2, 0.25) is 5.02 Å². The molecule has 1 heterocycles. The molecule has 13 heteroatoms. The monoisotopic (exact) mass is 496 g/mol. The summed E-state index contributed by atoms with van der Waals surface area (Å²) in [6.07, 6.45) is -3.77. The molecule has 33 heavy (non-hydrogen) atoms. The van der Waals surface area contributed by atoms with Crippen molar-refractivity contribution in [2.45, 2.75) is 56.4 Å². The third kappa shape index (κ3) is 7.71. The SMILES string of the molecule is N/C(=C\N(N)c1ccc(Cl)c(F)c1)[C@H]1CC[C@H](NC(=O)COC2CC(OC(F)(F)F)C2)CO1. The van der Waals surface area contributed by atoms with Crippen LogP contribution in [0.25, 0.3) is 0 Å². The lowest BCUT2D eigenvalue weighted by Gasteiger charge is -2.35. The van der Waals surface area contributed by atoms with Crippen molar-refractivity contribution >= 4 is 23.2 Å². The average Bonchev–Trinajstić information content (AvgIpc) is 2.71. The topological polar surface area (TPSA) is 112 Å². The molecule has 1 aliphatic carbocycles. The number of halogens is 5. The molecule has 0 spiro atoms. The van der Waals surface area contributed by atoms with Crippen LogP contribution in [0.3, 0.4) is 0 Å². The van der Waals surface area contributed by atoms with Crippen LogP contribution in [0.4, 0.5) is 23.2 Å². The Morgan fingerprint density at radius 3 is 2.64 bits per heavy atom. The second kappa shape index (κ2) is 10.9. The number of amides is 1. The molecular formula is C20H25ClF4N4O4. The van der Waals surface area contributed by atoms with Gasteiger partial charge in [0.25, 0.3) is 0 Å². The Morgan fingerprint density at radius 2 is 2.03 bits per heavy atom. The van der Waals surface area contributed by atoms with Crippen LogP contribution >= 0.6 is 11.6 Å². The summed E-state index contributed by atoms with van der Waals surface area (Å²) in [4.78, 5) is 12.0. The maximum absolute atomic E-state index is 13.6. The van der Waals surface area contributed by atoms with Gasteiger partial charge in [-0.05, 0) is 25.0 Å². The van der Waals surface area contributed by atoms with Gasteiger partial charge in [0, 0.05) is 25.1 Å². The first-order valence-corrected chi connectivity index (χ1v) is 10.6. The van der Waals surface area contributed by atoms with Crippen LogP contribution in [0.5, 0.6) is 0 Å². The summed E-state index contributed by atoms with van der Waals surface area (Å²) in [6.45, 7) is -0.0544. The zero-order valence-corrected chi connectivity index (χ0v) is 18.2. The third-order valence-corrected chi connectivity index (χ3v) is 5.61. The van der Waals surface area contributed by atoms with Gasteiger partial charge in [-0.15, -0.1) is 13.2 Å². The van der Waals surface area contributed by atoms with E-state index in [1.807, 2.05) is 0 Å². The van der Waals surface area contributed by atoms with Crippen molar-refractivity contribution in [2.24, 2.45) is 11.6 Å². The Bertz CT molecular complexity index is 859. The van der Waals surface area contributed by atoms with Gasteiger partial charge in [0.15, 0.2) is 0 Å². The van der Waals surface area contributed by atoms with Crippen molar-refractivity contribution in [2.75, 3.05) is 18.2 Å². The Labute approximate surface area is 192 Å². The van der Waals surface area contributed by atoms with Crippen molar-refractivity contribution in [3.8, 4) is 0 Å². The maximum atomic E-state index is 13.6. The zero-order chi connectivity index (χ0) is 24.2. The maximum Gasteiger partial charge on any atom is 0.522 e. The molecular weight excluding hydrogens is 472 g/mol. The van der Waals surface area contributed by atoms with Crippen molar-refractivity contribution in [3.05, 3.63) is 40.9 Å². The number of nitrogens with zero attached hydrogens (tertiary/aromatic N) is 1. The molecule has 2 aliphatic rings. The lowest BCUT2D eigenvalue weighted by Crippen LogP contribution is -2.47. The summed E-state index contributed by atoms with van der Waals surface area (Å²) in [5.41, 5.74) is 6.75. The van der Waals surface area contributed by atoms with E-state index in [1.165, 1.54) is 24.4 Å². The highest BCUT2D eigenvalue weighted by Gasteiger charge is 2.40. The number of rotatable bonds is 8. The largest absolute Gasteiger partial charge is 0.522 e. The van der Waals surface area contributed by atoms with Gasteiger partial charge in [0.1, 0.15) is 12.4 Å². The lowest BCUT2D eigenvalue weighted by molar-refractivity contribution is -0.357. The molecule has 1 aromatic rings. The number of hydrogen-bond donors (Lipinski definition) is 3. The molecule has 3 rings (SSSR count). The smallest absolute Gasteiger partial charge is 0.399 e. The number of ether oxygens (including phenoxy) is 3. The van der Waals surface area contributed by atoms with E-state index in [9.17, 15) is 22.4 Å². The van der Waals surface area contributed by atoms with E-state index in [0.29, 0.717) is 24.2 Å². The number of benzene rings is 1. The van der Waals surface area contributed by atoms with E-state index in [2.05, 4.69) is 10.1 Å². The molecule has 0 aromatic heterocycles. The van der Waals surface area contributed by atoms with Gasteiger partial charge in [-0.25, -0.2) is 10.2 Å². The van der Waals surface area contributed by atoms with Crippen LogP contribution in [0.1, 0.15) is 25.7 Å². The molecule has 184 valence electrons. The Hall–Kier alpha value is -2.12. The van der Waals surface area contributed by atoms with E-state index < -0.39 is 30.5 Å². The fraction of sp³-hybridized carbons (Fsp3) is 0.550. The molecule has 1 amide bonds. The molecule has 1 aromatic carbocycles. The van der Waals surface area contributed by atoms with E-state index in [-0.39, 0.29) is 43.0 Å². The molecule has 1 saturated carbocycles. The second-order valence-electron chi connectivity index (χ2n) is 7.89. The Morgan fingerprint density at radius 1 is 1.30 bits per heavy atom. The quantitative estimate of drug-likeness (QED) is 0.288. The second-order valence-corrected chi connectivity index (χ2v) is 8.30. The number of anilines is 1. The predicted molar refractivity (Wildman–Crippen MR) is 111 cm³/mol. The van der Waals surface area contributed by atoms with Crippen LogP contribution < -0.4 is 21.9 Å². The third-order valence-electron chi connectivity index (χ3n) is 5.30.